The molecular weight excluding hydrogens is 323 g/mol. The molecule has 7 heteroatoms. The minimum Gasteiger partial charge on any atom is -0.336 e. The molecule has 2 heterocycles. The van der Waals surface area contributed by atoms with Crippen molar-refractivity contribution in [3.8, 4) is 0 Å². The van der Waals surface area contributed by atoms with E-state index in [-0.39, 0.29) is 23.6 Å². The summed E-state index contributed by atoms with van der Waals surface area (Å²) < 4.78 is 15.5. The number of aromatic nitrogens is 2. The second-order valence-corrected chi connectivity index (χ2v) is 6.27. The molecule has 1 saturated heterocycles. The molecular formula is C18H21FN4O2. The van der Waals surface area contributed by atoms with Crippen molar-refractivity contribution in [2.45, 2.75) is 20.4 Å². The van der Waals surface area contributed by atoms with E-state index in [0.29, 0.717) is 37.3 Å². The average molecular weight is 344 g/mol. The van der Waals surface area contributed by atoms with Crippen LogP contribution >= 0.6 is 0 Å². The lowest BCUT2D eigenvalue weighted by molar-refractivity contribution is 0.0731. The van der Waals surface area contributed by atoms with E-state index in [1.165, 1.54) is 16.8 Å². The van der Waals surface area contributed by atoms with Crippen LogP contribution in [0, 0.1) is 19.7 Å². The highest BCUT2D eigenvalue weighted by Crippen LogP contribution is 2.14. The van der Waals surface area contributed by atoms with Gasteiger partial charge in [0.15, 0.2) is 0 Å². The molecule has 6 nitrogen and oxygen atoms in total. The van der Waals surface area contributed by atoms with Crippen molar-refractivity contribution in [2.24, 2.45) is 0 Å². The van der Waals surface area contributed by atoms with Crippen LogP contribution in [0.3, 0.4) is 0 Å². The van der Waals surface area contributed by atoms with Crippen LogP contribution in [0.2, 0.25) is 0 Å². The number of halogens is 1. The van der Waals surface area contributed by atoms with Crippen LogP contribution in [0.5, 0.6) is 0 Å². The van der Waals surface area contributed by atoms with Crippen molar-refractivity contribution in [2.75, 3.05) is 26.2 Å². The molecule has 0 bridgehead atoms. The third-order valence-corrected chi connectivity index (χ3v) is 4.54. The van der Waals surface area contributed by atoms with Crippen LogP contribution in [0.25, 0.3) is 0 Å². The second-order valence-electron chi connectivity index (χ2n) is 6.27. The number of amides is 1. The van der Waals surface area contributed by atoms with Gasteiger partial charge in [0.25, 0.3) is 11.5 Å². The number of aryl methyl sites for hydroxylation is 1. The van der Waals surface area contributed by atoms with Crippen LogP contribution in [-0.4, -0.2) is 46.8 Å². The number of piperazine rings is 1. The first-order chi connectivity index (χ1) is 12.0. The van der Waals surface area contributed by atoms with Crippen molar-refractivity contribution in [3.63, 3.8) is 0 Å². The van der Waals surface area contributed by atoms with Crippen molar-refractivity contribution >= 4 is 5.91 Å². The number of hydrogen-bond donors (Lipinski definition) is 1. The number of nitrogens with one attached hydrogen (secondary N) is 1. The van der Waals surface area contributed by atoms with E-state index in [0.717, 1.165) is 5.56 Å². The molecule has 1 aliphatic rings. The Kier molecular flexibility index (Phi) is 4.94. The molecule has 0 radical (unpaired) electrons. The number of carbonyl (C=O) groups excluding carboxylic acids is 1. The van der Waals surface area contributed by atoms with Gasteiger partial charge in [-0.2, -0.15) is 5.10 Å². The smallest absolute Gasteiger partial charge is 0.270 e. The highest BCUT2D eigenvalue weighted by atomic mass is 19.1. The van der Waals surface area contributed by atoms with Gasteiger partial charge in [-0.1, -0.05) is 6.07 Å². The highest BCUT2D eigenvalue weighted by Gasteiger charge is 2.21. The van der Waals surface area contributed by atoms with Crippen molar-refractivity contribution in [1.82, 2.24) is 20.0 Å². The van der Waals surface area contributed by atoms with Gasteiger partial charge in [-0.05, 0) is 37.1 Å². The Hall–Kier alpha value is -2.54. The lowest BCUT2D eigenvalue weighted by Gasteiger charge is -2.27. The van der Waals surface area contributed by atoms with Gasteiger partial charge < -0.3 is 10.2 Å². The van der Waals surface area contributed by atoms with Crippen molar-refractivity contribution in [1.29, 1.82) is 0 Å². The predicted molar refractivity (Wildman–Crippen MR) is 92.2 cm³/mol. The first kappa shape index (κ1) is 17.3. The molecule has 1 fully saturated rings. The Balaban J connectivity index is 1.88. The van der Waals surface area contributed by atoms with E-state index in [4.69, 9.17) is 0 Å². The van der Waals surface area contributed by atoms with Crippen LogP contribution in [-0.2, 0) is 6.54 Å². The number of benzene rings is 1. The topological polar surface area (TPSA) is 67.2 Å². The van der Waals surface area contributed by atoms with E-state index in [1.807, 2.05) is 6.92 Å². The molecule has 1 amide bonds. The molecule has 1 aromatic heterocycles. The molecule has 2 aromatic rings. The molecule has 1 aliphatic heterocycles. The van der Waals surface area contributed by atoms with Crippen LogP contribution in [0.4, 0.5) is 4.39 Å². The fourth-order valence-corrected chi connectivity index (χ4v) is 2.83. The van der Waals surface area contributed by atoms with Gasteiger partial charge in [0.2, 0.25) is 0 Å². The molecule has 0 spiro atoms. The monoisotopic (exact) mass is 344 g/mol. The third kappa shape index (κ3) is 3.61. The van der Waals surface area contributed by atoms with Gasteiger partial charge in [0.1, 0.15) is 5.82 Å². The summed E-state index contributed by atoms with van der Waals surface area (Å²) >= 11 is 0. The summed E-state index contributed by atoms with van der Waals surface area (Å²) in [6, 6.07) is 4.37. The normalized spacial score (nSPS) is 14.6. The van der Waals surface area contributed by atoms with Crippen LogP contribution in [0.1, 0.15) is 27.0 Å². The van der Waals surface area contributed by atoms with E-state index in [9.17, 15) is 14.0 Å². The number of nitrogens with zero attached hydrogens (tertiary/aromatic N) is 3. The Labute approximate surface area is 145 Å². The average Bonchev–Trinajstić information content (AvgIpc) is 2.64. The summed E-state index contributed by atoms with van der Waals surface area (Å²) in [5, 5.41) is 7.29. The van der Waals surface area contributed by atoms with Crippen LogP contribution in [0.15, 0.2) is 29.2 Å². The minimum atomic E-state index is -0.548. The Morgan fingerprint density at radius 1 is 1.28 bits per heavy atom. The molecule has 132 valence electrons. The molecule has 3 rings (SSSR count). The summed E-state index contributed by atoms with van der Waals surface area (Å²) in [4.78, 5) is 26.5. The first-order valence-electron chi connectivity index (χ1n) is 8.29. The summed E-state index contributed by atoms with van der Waals surface area (Å²) in [6.07, 6.45) is 1.63. The summed E-state index contributed by atoms with van der Waals surface area (Å²) in [6.45, 7) is 6.30. The third-order valence-electron chi connectivity index (χ3n) is 4.54. The molecule has 1 N–H and O–H groups in total. The summed E-state index contributed by atoms with van der Waals surface area (Å²) in [5.74, 6) is -0.867. The molecule has 0 unspecified atom stereocenters. The first-order valence-corrected chi connectivity index (χ1v) is 8.29. The maximum absolute atomic E-state index is 14.2. The lowest BCUT2D eigenvalue weighted by Crippen LogP contribution is -2.46. The maximum atomic E-state index is 14.2. The van der Waals surface area contributed by atoms with E-state index in [2.05, 4.69) is 10.4 Å². The van der Waals surface area contributed by atoms with E-state index < -0.39 is 5.82 Å². The van der Waals surface area contributed by atoms with Gasteiger partial charge in [-0.3, -0.25) is 9.59 Å². The maximum Gasteiger partial charge on any atom is 0.270 e. The van der Waals surface area contributed by atoms with Gasteiger partial charge in [-0.15, -0.1) is 0 Å². The zero-order valence-electron chi connectivity index (χ0n) is 14.4. The molecule has 0 aliphatic carbocycles. The Morgan fingerprint density at radius 2 is 2.00 bits per heavy atom. The highest BCUT2D eigenvalue weighted by molar-refractivity contribution is 5.94. The summed E-state index contributed by atoms with van der Waals surface area (Å²) in [7, 11) is 0. The van der Waals surface area contributed by atoms with Gasteiger partial charge in [0.05, 0.1) is 18.3 Å². The number of hydrogen-bond acceptors (Lipinski definition) is 4. The van der Waals surface area contributed by atoms with Crippen LogP contribution < -0.4 is 10.9 Å². The van der Waals surface area contributed by atoms with Crippen molar-refractivity contribution in [3.05, 3.63) is 62.8 Å². The number of rotatable bonds is 3. The van der Waals surface area contributed by atoms with E-state index >= 15 is 0 Å². The fraction of sp³-hybridized carbons (Fsp3) is 0.389. The molecule has 0 saturated carbocycles. The standard InChI is InChI=1S/C18H21FN4O2/c1-12-10-21-23(17(24)13(12)2)11-14-3-4-16(19)15(9-14)18(25)22-7-5-20-6-8-22/h3-4,9-10,20H,5-8,11H2,1-2H3. The van der Waals surface area contributed by atoms with Gasteiger partial charge in [-0.25, -0.2) is 9.07 Å². The molecule has 0 atom stereocenters. The van der Waals surface area contributed by atoms with Gasteiger partial charge >= 0.3 is 0 Å². The van der Waals surface area contributed by atoms with Crippen molar-refractivity contribution < 1.29 is 9.18 Å². The van der Waals surface area contributed by atoms with E-state index in [1.54, 1.807) is 24.1 Å². The minimum absolute atomic E-state index is 0.0382. The zero-order valence-corrected chi connectivity index (χ0v) is 14.4. The lowest BCUT2D eigenvalue weighted by atomic mass is 10.1. The summed E-state index contributed by atoms with van der Waals surface area (Å²) in [5.41, 5.74) is 1.98. The Bertz CT molecular complexity index is 857. The Morgan fingerprint density at radius 3 is 2.72 bits per heavy atom. The largest absolute Gasteiger partial charge is 0.336 e. The quantitative estimate of drug-likeness (QED) is 0.905. The fourth-order valence-electron chi connectivity index (χ4n) is 2.83. The molecule has 1 aromatic carbocycles. The second kappa shape index (κ2) is 7.14. The zero-order chi connectivity index (χ0) is 18.0. The van der Waals surface area contributed by atoms with Gasteiger partial charge in [0, 0.05) is 31.7 Å². The number of carbonyl (C=O) groups is 1. The predicted octanol–water partition coefficient (Wildman–Crippen LogP) is 1.09. The SMILES string of the molecule is Cc1cnn(Cc2ccc(F)c(C(=O)N3CCNCC3)c2)c(=O)c1C. The molecule has 25 heavy (non-hydrogen) atoms.